The maximum absolute atomic E-state index is 13.0. The summed E-state index contributed by atoms with van der Waals surface area (Å²) >= 11 is 0. The van der Waals surface area contributed by atoms with Crippen molar-refractivity contribution in [2.75, 3.05) is 49.6 Å². The van der Waals surface area contributed by atoms with Gasteiger partial charge < -0.3 is 19.1 Å². The lowest BCUT2D eigenvalue weighted by Gasteiger charge is -2.37. The van der Waals surface area contributed by atoms with Crippen LogP contribution >= 0.6 is 0 Å². The third kappa shape index (κ3) is 5.21. The van der Waals surface area contributed by atoms with Crippen LogP contribution in [0.5, 0.6) is 0 Å². The Morgan fingerprint density at radius 1 is 1.06 bits per heavy atom. The number of hydrogen-bond acceptors (Lipinski definition) is 5. The van der Waals surface area contributed by atoms with Gasteiger partial charge in [0.25, 0.3) is 6.01 Å². The van der Waals surface area contributed by atoms with E-state index in [1.807, 2.05) is 47.2 Å². The lowest BCUT2D eigenvalue weighted by Crippen LogP contribution is -2.51. The molecule has 0 atom stereocenters. The molecule has 3 aromatic rings. The van der Waals surface area contributed by atoms with Gasteiger partial charge in [-0.25, -0.2) is 0 Å². The first-order valence-electron chi connectivity index (χ1n) is 11.8. The van der Waals surface area contributed by atoms with Gasteiger partial charge in [-0.2, -0.15) is 4.98 Å². The molecule has 0 saturated carbocycles. The minimum absolute atomic E-state index is 0.106. The van der Waals surface area contributed by atoms with E-state index in [1.54, 1.807) is 0 Å². The summed E-state index contributed by atoms with van der Waals surface area (Å²) in [6.07, 6.45) is 1.79. The lowest BCUT2D eigenvalue weighted by atomic mass is 10.1. The molecule has 0 N–H and O–H groups in total. The smallest absolute Gasteiger partial charge is 0.298 e. The molecule has 0 unspecified atom stereocenters. The zero-order valence-corrected chi connectivity index (χ0v) is 20.2. The minimum Gasteiger partial charge on any atom is -0.428 e. The van der Waals surface area contributed by atoms with Crippen molar-refractivity contribution in [3.05, 3.63) is 65.4 Å². The van der Waals surface area contributed by atoms with Crippen molar-refractivity contribution in [3.8, 4) is 11.3 Å². The average Bonchev–Trinajstić information content (AvgIpc) is 3.24. The van der Waals surface area contributed by atoms with Crippen molar-refractivity contribution >= 4 is 17.6 Å². The first-order chi connectivity index (χ1) is 16.0. The third-order valence-corrected chi connectivity index (χ3v) is 6.23. The first kappa shape index (κ1) is 22.9. The highest BCUT2D eigenvalue weighted by molar-refractivity contribution is 5.81. The Labute approximate surface area is 196 Å². The zero-order valence-electron chi connectivity index (χ0n) is 20.2. The number of oxazole rings is 1. The molecule has 2 aromatic carbocycles. The van der Waals surface area contributed by atoms with Crippen LogP contribution in [0.2, 0.25) is 0 Å². The van der Waals surface area contributed by atoms with E-state index in [0.717, 1.165) is 56.0 Å². The van der Waals surface area contributed by atoms with Crippen LogP contribution < -0.4 is 9.80 Å². The van der Waals surface area contributed by atoms with E-state index in [1.165, 1.54) is 16.8 Å². The number of aromatic nitrogens is 1. The summed E-state index contributed by atoms with van der Waals surface area (Å²) in [5.74, 6) is 0.981. The summed E-state index contributed by atoms with van der Waals surface area (Å²) in [5, 5.41) is 0. The molecular formula is C27H34N4O2. The number of carbonyl (C=O) groups excluding carboxylic acids is 1. The normalized spacial score (nSPS) is 13.9. The number of hydrogen-bond donors (Lipinski definition) is 0. The highest BCUT2D eigenvalue weighted by Crippen LogP contribution is 2.29. The molecule has 1 fully saturated rings. The zero-order chi connectivity index (χ0) is 23.4. The number of rotatable bonds is 7. The molecule has 0 bridgehead atoms. The molecule has 1 aromatic heterocycles. The Hall–Kier alpha value is -3.28. The van der Waals surface area contributed by atoms with E-state index in [-0.39, 0.29) is 12.5 Å². The number of aryl methyl sites for hydroxylation is 3. The van der Waals surface area contributed by atoms with Crippen LogP contribution in [0.25, 0.3) is 11.3 Å². The largest absolute Gasteiger partial charge is 0.428 e. The van der Waals surface area contributed by atoms with Crippen LogP contribution in [0.15, 0.2) is 52.9 Å². The molecule has 2 heterocycles. The number of likely N-dealkylation sites (N-methyl/N-ethyl adjacent to an activating group) is 1. The Kier molecular flexibility index (Phi) is 7.02. The van der Waals surface area contributed by atoms with E-state index in [2.05, 4.69) is 43.9 Å². The average molecular weight is 447 g/mol. The van der Waals surface area contributed by atoms with Crippen LogP contribution in [-0.2, 0) is 11.2 Å². The van der Waals surface area contributed by atoms with Gasteiger partial charge in [0.1, 0.15) is 18.0 Å². The number of benzene rings is 2. The molecule has 174 valence electrons. The van der Waals surface area contributed by atoms with Crippen LogP contribution in [0.3, 0.4) is 0 Å². The maximum Gasteiger partial charge on any atom is 0.298 e. The Morgan fingerprint density at radius 3 is 2.45 bits per heavy atom. The molecule has 0 radical (unpaired) electrons. The summed E-state index contributed by atoms with van der Waals surface area (Å²) in [5.41, 5.74) is 5.74. The summed E-state index contributed by atoms with van der Waals surface area (Å²) in [6.45, 7) is 9.79. The molecule has 4 rings (SSSR count). The standard InChI is InChI=1S/C27H34N4O2/c1-5-9-24-26(22-10-7-6-8-11-22)28-27(33-24)29(4)19-25(32)31-16-14-30(15-17-31)23-13-12-20(2)18-21(23)3/h6-8,10-13,18H,5,9,14-17,19H2,1-4H3. The van der Waals surface area contributed by atoms with Gasteiger partial charge in [0.15, 0.2) is 0 Å². The summed E-state index contributed by atoms with van der Waals surface area (Å²) in [4.78, 5) is 23.9. The van der Waals surface area contributed by atoms with Crippen molar-refractivity contribution in [1.82, 2.24) is 9.88 Å². The Balaban J connectivity index is 1.39. The van der Waals surface area contributed by atoms with E-state index in [4.69, 9.17) is 9.40 Å². The predicted molar refractivity (Wildman–Crippen MR) is 134 cm³/mol. The second-order valence-electron chi connectivity index (χ2n) is 8.90. The van der Waals surface area contributed by atoms with Gasteiger partial charge in [-0.05, 0) is 31.9 Å². The molecule has 33 heavy (non-hydrogen) atoms. The third-order valence-electron chi connectivity index (χ3n) is 6.23. The molecule has 1 amide bonds. The van der Waals surface area contributed by atoms with Crippen molar-refractivity contribution < 1.29 is 9.21 Å². The highest BCUT2D eigenvalue weighted by Gasteiger charge is 2.25. The van der Waals surface area contributed by atoms with Gasteiger partial charge in [-0.1, -0.05) is 55.0 Å². The summed E-state index contributed by atoms with van der Waals surface area (Å²) in [6, 6.07) is 17.2. The molecular weight excluding hydrogens is 412 g/mol. The fraction of sp³-hybridized carbons (Fsp3) is 0.407. The van der Waals surface area contributed by atoms with Crippen LogP contribution in [0.1, 0.15) is 30.2 Å². The topological polar surface area (TPSA) is 52.8 Å². The fourth-order valence-electron chi connectivity index (χ4n) is 4.45. The van der Waals surface area contributed by atoms with E-state index >= 15 is 0 Å². The molecule has 6 heteroatoms. The Bertz CT molecular complexity index is 1080. The number of carbonyl (C=O) groups is 1. The second-order valence-corrected chi connectivity index (χ2v) is 8.90. The van der Waals surface area contributed by atoms with Crippen molar-refractivity contribution in [1.29, 1.82) is 0 Å². The lowest BCUT2D eigenvalue weighted by molar-refractivity contribution is -0.130. The molecule has 1 saturated heterocycles. The predicted octanol–water partition coefficient (Wildman–Crippen LogP) is 4.70. The molecule has 0 aliphatic carbocycles. The summed E-state index contributed by atoms with van der Waals surface area (Å²) < 4.78 is 6.09. The van der Waals surface area contributed by atoms with Crippen LogP contribution in [-0.4, -0.2) is 55.6 Å². The van der Waals surface area contributed by atoms with E-state index < -0.39 is 0 Å². The fourth-order valence-corrected chi connectivity index (χ4v) is 4.45. The Morgan fingerprint density at radius 2 is 1.79 bits per heavy atom. The van der Waals surface area contributed by atoms with E-state index in [0.29, 0.717) is 6.01 Å². The first-order valence-corrected chi connectivity index (χ1v) is 11.8. The van der Waals surface area contributed by atoms with Gasteiger partial charge in [-0.3, -0.25) is 4.79 Å². The van der Waals surface area contributed by atoms with Gasteiger partial charge in [0.05, 0.1) is 0 Å². The van der Waals surface area contributed by atoms with Crippen molar-refractivity contribution in [2.45, 2.75) is 33.6 Å². The molecule has 1 aliphatic rings. The molecule has 6 nitrogen and oxygen atoms in total. The van der Waals surface area contributed by atoms with Crippen LogP contribution in [0.4, 0.5) is 11.7 Å². The quantitative estimate of drug-likeness (QED) is 0.527. The number of nitrogens with zero attached hydrogens (tertiary/aromatic N) is 4. The van der Waals surface area contributed by atoms with Gasteiger partial charge in [0.2, 0.25) is 5.91 Å². The number of anilines is 2. The van der Waals surface area contributed by atoms with Crippen LogP contribution in [0, 0.1) is 13.8 Å². The van der Waals surface area contributed by atoms with Gasteiger partial charge in [-0.15, -0.1) is 0 Å². The molecule has 1 aliphatic heterocycles. The monoisotopic (exact) mass is 446 g/mol. The highest BCUT2D eigenvalue weighted by atomic mass is 16.4. The minimum atomic E-state index is 0.106. The summed E-state index contributed by atoms with van der Waals surface area (Å²) in [7, 11) is 1.88. The van der Waals surface area contributed by atoms with Gasteiger partial charge in [0, 0.05) is 50.9 Å². The maximum atomic E-state index is 13.0. The SMILES string of the molecule is CCCc1oc(N(C)CC(=O)N2CCN(c3ccc(C)cc3C)CC2)nc1-c1ccccc1. The second kappa shape index (κ2) is 10.1. The van der Waals surface area contributed by atoms with E-state index in [9.17, 15) is 4.79 Å². The van der Waals surface area contributed by atoms with Gasteiger partial charge >= 0.3 is 0 Å². The van der Waals surface area contributed by atoms with Crippen molar-refractivity contribution in [2.24, 2.45) is 0 Å². The number of amides is 1. The molecule has 0 spiro atoms. The van der Waals surface area contributed by atoms with Crippen molar-refractivity contribution in [3.63, 3.8) is 0 Å². The number of piperazine rings is 1.